The monoisotopic (exact) mass is 927 g/mol. The molecule has 0 atom stereocenters. The van der Waals surface area contributed by atoms with E-state index in [0.29, 0.717) is 44.4 Å². The van der Waals surface area contributed by atoms with Gasteiger partial charge in [-0.1, -0.05) is 212 Å². The second kappa shape index (κ2) is 46.6. The zero-order chi connectivity index (χ0) is 48.0. The number of carbonyl (C=O) groups is 2. The number of rotatable bonds is 50. The number of ether oxygens (including phenoxy) is 2. The van der Waals surface area contributed by atoms with Gasteiger partial charge in [-0.2, -0.15) is 0 Å². The third-order valence-electron chi connectivity index (χ3n) is 14.0. The average Bonchev–Trinajstić information content (AvgIpc) is 3.32. The number of aryl methyl sites for hydroxylation is 1. The molecule has 0 unspecified atom stereocenters. The minimum Gasteiger partial charge on any atom is -0.465 e. The van der Waals surface area contributed by atoms with Crippen LogP contribution in [-0.4, -0.2) is 74.5 Å². The van der Waals surface area contributed by atoms with Gasteiger partial charge in [0.15, 0.2) is 0 Å². The fourth-order valence-corrected chi connectivity index (χ4v) is 9.44. The SMILES string of the molecule is CCCCCCCCC(CCCCCCCC)COC(=O)CCCCCN(CCO)CCN(CCCCCC(=O)OCC(CCCCCCCC)CCCCCCCC)c1ccc(C)cc1. The number of esters is 2. The van der Waals surface area contributed by atoms with Crippen molar-refractivity contribution in [3.8, 4) is 0 Å². The molecule has 386 valence electrons. The lowest BCUT2D eigenvalue weighted by molar-refractivity contribution is -0.146. The molecule has 0 fully saturated rings. The molecule has 66 heavy (non-hydrogen) atoms. The highest BCUT2D eigenvalue weighted by Gasteiger charge is 2.16. The molecule has 0 spiro atoms. The number of hydrogen-bond acceptors (Lipinski definition) is 7. The lowest BCUT2D eigenvalue weighted by Gasteiger charge is -2.29. The van der Waals surface area contributed by atoms with Crippen LogP contribution in [0.4, 0.5) is 5.69 Å². The van der Waals surface area contributed by atoms with E-state index in [4.69, 9.17) is 9.47 Å². The largest absolute Gasteiger partial charge is 0.465 e. The Morgan fingerprint density at radius 3 is 1.20 bits per heavy atom. The molecule has 0 saturated carbocycles. The van der Waals surface area contributed by atoms with Crippen molar-refractivity contribution in [1.82, 2.24) is 4.90 Å². The Balaban J connectivity index is 2.52. The number of carbonyl (C=O) groups excluding carboxylic acids is 2. The summed E-state index contributed by atoms with van der Waals surface area (Å²) in [4.78, 5) is 30.6. The van der Waals surface area contributed by atoms with Crippen LogP contribution >= 0.6 is 0 Å². The fourth-order valence-electron chi connectivity index (χ4n) is 9.44. The summed E-state index contributed by atoms with van der Waals surface area (Å²) < 4.78 is 11.8. The van der Waals surface area contributed by atoms with Gasteiger partial charge in [0.1, 0.15) is 0 Å². The number of unbranched alkanes of at least 4 members (excludes halogenated alkanes) is 24. The Labute approximate surface area is 410 Å². The number of nitrogens with zero attached hydrogens (tertiary/aromatic N) is 2. The quantitative estimate of drug-likeness (QED) is 0.0515. The number of anilines is 1. The maximum absolute atomic E-state index is 12.9. The molecule has 0 aliphatic rings. The smallest absolute Gasteiger partial charge is 0.305 e. The minimum absolute atomic E-state index is 0.0240. The molecule has 1 aromatic carbocycles. The molecule has 0 radical (unpaired) electrons. The van der Waals surface area contributed by atoms with Crippen molar-refractivity contribution in [2.75, 3.05) is 57.4 Å². The first-order valence-electron chi connectivity index (χ1n) is 28.8. The van der Waals surface area contributed by atoms with E-state index < -0.39 is 0 Å². The number of benzene rings is 1. The first-order valence-corrected chi connectivity index (χ1v) is 28.8. The Bertz CT molecular complexity index is 1160. The molecule has 0 aliphatic carbocycles. The predicted molar refractivity (Wildman–Crippen MR) is 285 cm³/mol. The van der Waals surface area contributed by atoms with E-state index in [9.17, 15) is 14.7 Å². The lowest BCUT2D eigenvalue weighted by Crippen LogP contribution is -2.37. The van der Waals surface area contributed by atoms with Gasteiger partial charge in [0, 0.05) is 44.7 Å². The van der Waals surface area contributed by atoms with E-state index in [2.05, 4.69) is 68.7 Å². The Hall–Kier alpha value is -2.12. The van der Waals surface area contributed by atoms with Crippen molar-refractivity contribution in [3.05, 3.63) is 29.8 Å². The molecule has 1 N–H and O–H groups in total. The van der Waals surface area contributed by atoms with Crippen LogP contribution in [0.2, 0.25) is 0 Å². The van der Waals surface area contributed by atoms with Gasteiger partial charge in [0.05, 0.1) is 19.8 Å². The first-order chi connectivity index (χ1) is 32.4. The zero-order valence-electron chi connectivity index (χ0n) is 44.6. The topological polar surface area (TPSA) is 79.3 Å². The highest BCUT2D eigenvalue weighted by Crippen LogP contribution is 2.23. The van der Waals surface area contributed by atoms with E-state index in [0.717, 1.165) is 64.7 Å². The molecule has 1 rings (SSSR count). The second-order valence-electron chi connectivity index (χ2n) is 20.3. The van der Waals surface area contributed by atoms with Crippen LogP contribution in [0.1, 0.15) is 264 Å². The van der Waals surface area contributed by atoms with Gasteiger partial charge in [0.25, 0.3) is 0 Å². The first kappa shape index (κ1) is 61.9. The molecule has 1 aromatic rings. The molecule has 0 saturated heterocycles. The lowest BCUT2D eigenvalue weighted by atomic mass is 9.94. The van der Waals surface area contributed by atoms with Crippen LogP contribution in [-0.2, 0) is 19.1 Å². The van der Waals surface area contributed by atoms with Gasteiger partial charge in [-0.05, 0) is 88.8 Å². The van der Waals surface area contributed by atoms with Crippen molar-refractivity contribution in [1.29, 1.82) is 0 Å². The fraction of sp³-hybridized carbons (Fsp3) is 0.864. The van der Waals surface area contributed by atoms with Crippen LogP contribution in [0.15, 0.2) is 24.3 Å². The van der Waals surface area contributed by atoms with Crippen molar-refractivity contribution in [2.24, 2.45) is 11.8 Å². The van der Waals surface area contributed by atoms with Crippen LogP contribution in [0.3, 0.4) is 0 Å². The van der Waals surface area contributed by atoms with Crippen molar-refractivity contribution < 1.29 is 24.2 Å². The maximum atomic E-state index is 12.9. The van der Waals surface area contributed by atoms with Crippen molar-refractivity contribution in [2.45, 2.75) is 266 Å². The molecule has 0 bridgehead atoms. The molecular formula is C59H110N2O5. The number of aliphatic hydroxyl groups is 1. The van der Waals surface area contributed by atoms with Crippen LogP contribution < -0.4 is 4.90 Å². The zero-order valence-corrected chi connectivity index (χ0v) is 44.6. The third-order valence-corrected chi connectivity index (χ3v) is 14.0. The van der Waals surface area contributed by atoms with Crippen LogP contribution in [0, 0.1) is 18.8 Å². The Morgan fingerprint density at radius 2 is 0.803 bits per heavy atom. The second-order valence-corrected chi connectivity index (χ2v) is 20.3. The maximum Gasteiger partial charge on any atom is 0.305 e. The highest BCUT2D eigenvalue weighted by molar-refractivity contribution is 5.69. The average molecular weight is 928 g/mol. The summed E-state index contributed by atoms with van der Waals surface area (Å²) in [7, 11) is 0. The van der Waals surface area contributed by atoms with E-state index in [1.807, 2.05) is 0 Å². The summed E-state index contributed by atoms with van der Waals surface area (Å²) in [6.45, 7) is 16.8. The van der Waals surface area contributed by atoms with E-state index in [-0.39, 0.29) is 18.5 Å². The highest BCUT2D eigenvalue weighted by atomic mass is 16.5. The van der Waals surface area contributed by atoms with Crippen LogP contribution in [0.25, 0.3) is 0 Å². The summed E-state index contributed by atoms with van der Waals surface area (Å²) in [5, 5.41) is 9.94. The standard InChI is InChI=1S/C59H110N2O5/c1-6-10-14-18-22-28-36-55(37-29-23-19-15-11-7-2)52-65-58(63)40-32-26-34-46-60(50-51-62)48-49-61(57-44-42-54(5)43-45-57)47-35-27-33-41-59(64)66-53-56(38-30-24-20-16-12-8-3)39-31-25-21-17-13-9-4/h42-45,55-56,62H,6-41,46-53H2,1-5H3. The van der Waals surface area contributed by atoms with Crippen molar-refractivity contribution >= 4 is 17.6 Å². The summed E-state index contributed by atoms with van der Waals surface area (Å²) >= 11 is 0. The Morgan fingerprint density at radius 1 is 0.439 bits per heavy atom. The molecule has 0 aliphatic heterocycles. The molecule has 0 aromatic heterocycles. The summed E-state index contributed by atoms with van der Waals surface area (Å²) in [5.74, 6) is 0.952. The minimum atomic E-state index is -0.0324. The Kier molecular flexibility index (Phi) is 43.7. The third kappa shape index (κ3) is 37.8. The van der Waals surface area contributed by atoms with Gasteiger partial charge >= 0.3 is 11.9 Å². The predicted octanol–water partition coefficient (Wildman–Crippen LogP) is 16.5. The molecule has 7 nitrogen and oxygen atoms in total. The van der Waals surface area contributed by atoms with Gasteiger partial charge in [-0.25, -0.2) is 0 Å². The molecule has 0 heterocycles. The van der Waals surface area contributed by atoms with Crippen LogP contribution in [0.5, 0.6) is 0 Å². The van der Waals surface area contributed by atoms with E-state index in [1.165, 1.54) is 191 Å². The molecule has 7 heteroatoms. The van der Waals surface area contributed by atoms with E-state index in [1.54, 1.807) is 0 Å². The summed E-state index contributed by atoms with van der Waals surface area (Å²) in [6, 6.07) is 8.82. The number of aliphatic hydroxyl groups excluding tert-OH is 1. The van der Waals surface area contributed by atoms with Crippen molar-refractivity contribution in [3.63, 3.8) is 0 Å². The molecular weight excluding hydrogens is 817 g/mol. The summed E-state index contributed by atoms with van der Waals surface area (Å²) in [5.41, 5.74) is 2.48. The van der Waals surface area contributed by atoms with Gasteiger partial charge in [0.2, 0.25) is 0 Å². The van der Waals surface area contributed by atoms with E-state index >= 15 is 0 Å². The normalized spacial score (nSPS) is 11.7. The van der Waals surface area contributed by atoms with Gasteiger partial charge < -0.3 is 19.5 Å². The molecule has 0 amide bonds. The number of hydrogen-bond donors (Lipinski definition) is 1. The van der Waals surface area contributed by atoms with Gasteiger partial charge in [-0.15, -0.1) is 0 Å². The van der Waals surface area contributed by atoms with Gasteiger partial charge in [-0.3, -0.25) is 14.5 Å². The summed E-state index contributed by atoms with van der Waals surface area (Å²) in [6.07, 6.45) is 42.9.